The highest BCUT2D eigenvalue weighted by molar-refractivity contribution is 7.89. The molecule has 0 spiro atoms. The maximum atomic E-state index is 13.9. The van der Waals surface area contributed by atoms with Crippen LogP contribution in [0.3, 0.4) is 0 Å². The number of unbranched alkanes of at least 4 members (excludes halogenated alkanes) is 2. The smallest absolute Gasteiger partial charge is 0.245 e. The van der Waals surface area contributed by atoms with Crippen LogP contribution in [-0.4, -0.2) is 34.9 Å². The summed E-state index contributed by atoms with van der Waals surface area (Å²) < 4.78 is 29.1. The minimum Gasteiger partial charge on any atom is -0.299 e. The highest BCUT2D eigenvalue weighted by atomic mass is 32.2. The van der Waals surface area contributed by atoms with Crippen LogP contribution in [0.2, 0.25) is 0 Å². The van der Waals surface area contributed by atoms with Crippen molar-refractivity contribution in [1.82, 2.24) is 14.5 Å². The molecule has 36 heavy (non-hydrogen) atoms. The molecule has 2 heterocycles. The van der Waals surface area contributed by atoms with Gasteiger partial charge in [0.05, 0.1) is 4.90 Å². The predicted octanol–water partition coefficient (Wildman–Crippen LogP) is 5.18. The third kappa shape index (κ3) is 5.04. The molecule has 4 aromatic rings. The molecule has 0 saturated carbocycles. The maximum absolute atomic E-state index is 13.9. The molecule has 0 aliphatic carbocycles. The summed E-state index contributed by atoms with van der Waals surface area (Å²) in [6, 6.07) is 19.5. The highest BCUT2D eigenvalue weighted by Gasteiger charge is 2.40. The van der Waals surface area contributed by atoms with Crippen molar-refractivity contribution in [3.8, 4) is 0 Å². The number of rotatable bonds is 8. The Balaban J connectivity index is 1.44. The molecule has 1 atom stereocenters. The summed E-state index contributed by atoms with van der Waals surface area (Å²) in [6.07, 6.45) is 4.37. The van der Waals surface area contributed by atoms with E-state index in [9.17, 15) is 13.2 Å². The molecule has 5 rings (SSSR count). The van der Waals surface area contributed by atoms with Gasteiger partial charge >= 0.3 is 0 Å². The molecule has 0 bridgehead atoms. The van der Waals surface area contributed by atoms with E-state index >= 15 is 0 Å². The summed E-state index contributed by atoms with van der Waals surface area (Å²) in [5.74, 6) is -0.398. The van der Waals surface area contributed by atoms with E-state index in [2.05, 4.69) is 22.4 Å². The van der Waals surface area contributed by atoms with Crippen LogP contribution in [0.4, 0.5) is 5.13 Å². The lowest BCUT2D eigenvalue weighted by Gasteiger charge is -2.34. The van der Waals surface area contributed by atoms with Gasteiger partial charge in [0.15, 0.2) is 0 Å². The zero-order valence-corrected chi connectivity index (χ0v) is 21.7. The van der Waals surface area contributed by atoms with E-state index in [0.717, 1.165) is 52.6 Å². The van der Waals surface area contributed by atoms with E-state index in [1.54, 1.807) is 18.2 Å². The van der Waals surface area contributed by atoms with Crippen molar-refractivity contribution in [2.24, 2.45) is 0 Å². The Morgan fingerprint density at radius 1 is 1.00 bits per heavy atom. The van der Waals surface area contributed by atoms with Crippen LogP contribution in [0.25, 0.3) is 10.8 Å². The monoisotopic (exact) mass is 520 g/mol. The number of nitrogens with one attached hydrogen (secondary N) is 1. The van der Waals surface area contributed by atoms with Gasteiger partial charge in [-0.2, -0.15) is 4.31 Å². The number of benzene rings is 3. The van der Waals surface area contributed by atoms with Gasteiger partial charge in [0.2, 0.25) is 21.1 Å². The second kappa shape index (κ2) is 10.5. The number of aromatic nitrogens is 2. The number of sulfonamides is 1. The Morgan fingerprint density at radius 2 is 1.75 bits per heavy atom. The number of carbonyl (C=O) groups is 1. The predicted molar refractivity (Wildman–Crippen MR) is 142 cm³/mol. The van der Waals surface area contributed by atoms with Crippen molar-refractivity contribution in [3.05, 3.63) is 82.9 Å². The summed E-state index contributed by atoms with van der Waals surface area (Å²) in [5.41, 5.74) is 1.88. The Labute approximate surface area is 215 Å². The molecule has 186 valence electrons. The number of aryl methyl sites for hydroxylation is 1. The molecule has 0 saturated heterocycles. The third-order valence-corrected chi connectivity index (χ3v) is 9.28. The summed E-state index contributed by atoms with van der Waals surface area (Å²) >= 11 is 1.35. The van der Waals surface area contributed by atoms with Gasteiger partial charge in [0.1, 0.15) is 11.0 Å². The van der Waals surface area contributed by atoms with Crippen LogP contribution in [-0.2, 0) is 34.2 Å². The first kappa shape index (κ1) is 24.5. The first-order valence-electron chi connectivity index (χ1n) is 12.2. The number of fused-ring (bicyclic) bond motifs is 2. The number of carbonyl (C=O) groups excluding carboxylic acids is 1. The molecule has 1 N–H and O–H groups in total. The van der Waals surface area contributed by atoms with E-state index in [4.69, 9.17) is 0 Å². The van der Waals surface area contributed by atoms with Crippen LogP contribution in [0.1, 0.15) is 42.3 Å². The van der Waals surface area contributed by atoms with Gasteiger partial charge in [-0.3, -0.25) is 10.1 Å². The number of nitrogens with zero attached hydrogens (tertiary/aromatic N) is 3. The summed E-state index contributed by atoms with van der Waals surface area (Å²) in [7, 11) is -3.95. The van der Waals surface area contributed by atoms with E-state index in [-0.39, 0.29) is 17.9 Å². The summed E-state index contributed by atoms with van der Waals surface area (Å²) in [6.45, 7) is 2.27. The van der Waals surface area contributed by atoms with Gasteiger partial charge in [0.25, 0.3) is 0 Å². The van der Waals surface area contributed by atoms with Crippen LogP contribution < -0.4 is 5.32 Å². The Bertz CT molecular complexity index is 1500. The molecule has 1 aliphatic heterocycles. The van der Waals surface area contributed by atoms with E-state index in [0.29, 0.717) is 5.13 Å². The van der Waals surface area contributed by atoms with Gasteiger partial charge in [-0.1, -0.05) is 85.7 Å². The summed E-state index contributed by atoms with van der Waals surface area (Å²) in [4.78, 5) is 13.6. The number of amides is 1. The fourth-order valence-corrected chi connectivity index (χ4v) is 6.94. The maximum Gasteiger partial charge on any atom is 0.245 e. The molecule has 0 fully saturated rings. The Morgan fingerprint density at radius 3 is 2.56 bits per heavy atom. The zero-order chi connectivity index (χ0) is 25.1. The van der Waals surface area contributed by atoms with E-state index in [1.165, 1.54) is 15.6 Å². The van der Waals surface area contributed by atoms with Crippen molar-refractivity contribution in [1.29, 1.82) is 0 Å². The van der Waals surface area contributed by atoms with Gasteiger partial charge in [-0.05, 0) is 46.9 Å². The molecular weight excluding hydrogens is 492 g/mol. The average molecular weight is 521 g/mol. The van der Waals surface area contributed by atoms with Crippen LogP contribution in [0.15, 0.2) is 71.6 Å². The van der Waals surface area contributed by atoms with Gasteiger partial charge in [-0.15, -0.1) is 10.2 Å². The van der Waals surface area contributed by atoms with Crippen molar-refractivity contribution in [2.75, 3.05) is 5.32 Å². The molecule has 1 amide bonds. The van der Waals surface area contributed by atoms with Crippen molar-refractivity contribution in [3.63, 3.8) is 0 Å². The van der Waals surface area contributed by atoms with Crippen molar-refractivity contribution in [2.45, 2.75) is 56.5 Å². The highest BCUT2D eigenvalue weighted by Crippen LogP contribution is 2.31. The molecule has 1 unspecified atom stereocenters. The molecule has 7 nitrogen and oxygen atoms in total. The quantitative estimate of drug-likeness (QED) is 0.323. The fourth-order valence-electron chi connectivity index (χ4n) is 4.56. The molecule has 0 radical (unpaired) electrons. The lowest BCUT2D eigenvalue weighted by atomic mass is 9.95. The van der Waals surface area contributed by atoms with E-state index in [1.807, 2.05) is 48.5 Å². The van der Waals surface area contributed by atoms with Crippen molar-refractivity contribution < 1.29 is 13.2 Å². The lowest BCUT2D eigenvalue weighted by molar-refractivity contribution is -0.120. The second-order valence-electron chi connectivity index (χ2n) is 9.00. The standard InChI is InChI=1S/C27H28N4O3S2/c1-2-3-4-13-25-29-30-27(35-25)28-26(32)24-17-21-11-7-8-12-22(21)18-31(24)36(33,34)23-15-14-19-9-5-6-10-20(19)16-23/h5-12,14-16,24H,2-4,13,17-18H2,1H3,(H,28,30,32). The first-order valence-corrected chi connectivity index (χ1v) is 14.4. The topological polar surface area (TPSA) is 92.3 Å². The largest absolute Gasteiger partial charge is 0.299 e. The molecule has 1 aromatic heterocycles. The Hall–Kier alpha value is -3.14. The SMILES string of the molecule is CCCCCc1nnc(NC(=O)C2Cc3ccccc3CN2S(=O)(=O)c2ccc3ccccc3c2)s1. The van der Waals surface area contributed by atoms with Gasteiger partial charge in [-0.25, -0.2) is 8.42 Å². The van der Waals surface area contributed by atoms with Gasteiger partial charge in [0, 0.05) is 13.0 Å². The third-order valence-electron chi connectivity index (χ3n) is 6.53. The van der Waals surface area contributed by atoms with E-state index < -0.39 is 22.0 Å². The number of hydrogen-bond acceptors (Lipinski definition) is 6. The van der Waals surface area contributed by atoms with Crippen molar-refractivity contribution >= 4 is 43.2 Å². The molecular formula is C27H28N4O3S2. The lowest BCUT2D eigenvalue weighted by Crippen LogP contribution is -2.50. The molecule has 3 aromatic carbocycles. The second-order valence-corrected chi connectivity index (χ2v) is 11.9. The number of anilines is 1. The molecule has 9 heteroatoms. The normalized spacial score (nSPS) is 16.1. The average Bonchev–Trinajstić information content (AvgIpc) is 3.34. The minimum atomic E-state index is -3.95. The minimum absolute atomic E-state index is 0.127. The number of hydrogen-bond donors (Lipinski definition) is 1. The summed E-state index contributed by atoms with van der Waals surface area (Å²) in [5, 5.41) is 14.2. The van der Waals surface area contributed by atoms with Crippen LogP contribution in [0, 0.1) is 0 Å². The van der Waals surface area contributed by atoms with Crippen LogP contribution in [0.5, 0.6) is 0 Å². The Kier molecular flexibility index (Phi) is 7.13. The fraction of sp³-hybridized carbons (Fsp3) is 0.296. The van der Waals surface area contributed by atoms with Gasteiger partial charge < -0.3 is 0 Å². The first-order chi connectivity index (χ1) is 17.5. The van der Waals surface area contributed by atoms with Crippen LogP contribution >= 0.6 is 11.3 Å². The zero-order valence-electron chi connectivity index (χ0n) is 20.1. The molecule has 1 aliphatic rings.